The predicted molar refractivity (Wildman–Crippen MR) is 89.8 cm³/mol. The van der Waals surface area contributed by atoms with E-state index in [2.05, 4.69) is 17.0 Å². The van der Waals surface area contributed by atoms with Gasteiger partial charge in [-0.3, -0.25) is 0 Å². The van der Waals surface area contributed by atoms with Crippen molar-refractivity contribution in [1.29, 1.82) is 0 Å². The highest BCUT2D eigenvalue weighted by Gasteiger charge is 2.25. The number of nitrogens with two attached hydrogens (primary N) is 2. The number of primary amides is 1. The zero-order valence-corrected chi connectivity index (χ0v) is 13.5. The second kappa shape index (κ2) is 6.90. The monoisotopic (exact) mass is 305 g/mol. The summed E-state index contributed by atoms with van der Waals surface area (Å²) in [6, 6.07) is 8.06. The Labute approximate surface area is 132 Å². The molecule has 0 atom stereocenters. The highest BCUT2D eigenvalue weighted by atomic mass is 16.6. The van der Waals surface area contributed by atoms with Gasteiger partial charge < -0.3 is 21.1 Å². The molecular formula is C17H27N3O2. The summed E-state index contributed by atoms with van der Waals surface area (Å²) >= 11 is 0. The average Bonchev–Trinajstić information content (AvgIpc) is 2.45. The lowest BCUT2D eigenvalue weighted by atomic mass is 9.88. The predicted octanol–water partition coefficient (Wildman–Crippen LogP) is 3.14. The van der Waals surface area contributed by atoms with E-state index >= 15 is 0 Å². The summed E-state index contributed by atoms with van der Waals surface area (Å²) in [5.74, 6) is 0.681. The van der Waals surface area contributed by atoms with Crippen LogP contribution in [0.25, 0.3) is 0 Å². The molecule has 0 radical (unpaired) electrons. The largest absolute Gasteiger partial charge is 0.444 e. The normalized spacial score (nSPS) is 16.5. The first-order chi connectivity index (χ1) is 10.4. The van der Waals surface area contributed by atoms with Crippen LogP contribution in [0.3, 0.4) is 0 Å². The molecule has 1 aliphatic heterocycles. The summed E-state index contributed by atoms with van der Waals surface area (Å²) in [5, 5.41) is 0. The number of anilines is 2. The van der Waals surface area contributed by atoms with E-state index < -0.39 is 11.7 Å². The molecule has 0 bridgehead atoms. The molecule has 1 fully saturated rings. The molecule has 0 aromatic heterocycles. The molecule has 5 nitrogen and oxygen atoms in total. The first kappa shape index (κ1) is 16.5. The van der Waals surface area contributed by atoms with Gasteiger partial charge in [0.15, 0.2) is 0 Å². The molecule has 1 aromatic rings. The minimum absolute atomic E-state index is 0.472. The second-order valence-electron chi connectivity index (χ2n) is 6.74. The number of rotatable bonds is 5. The lowest BCUT2D eigenvalue weighted by Gasteiger charge is -2.35. The Morgan fingerprint density at radius 1 is 1.27 bits per heavy atom. The molecular weight excluding hydrogens is 278 g/mol. The van der Waals surface area contributed by atoms with Crippen molar-refractivity contribution >= 4 is 17.5 Å². The smallest absolute Gasteiger partial charge is 0.405 e. The first-order valence-corrected chi connectivity index (χ1v) is 7.95. The number of nitrogen functional groups attached to an aromatic ring is 1. The van der Waals surface area contributed by atoms with E-state index in [1.54, 1.807) is 0 Å². The molecule has 5 heteroatoms. The highest BCUT2D eigenvalue weighted by Crippen LogP contribution is 2.29. The Bertz CT molecular complexity index is 491. The Morgan fingerprint density at radius 2 is 1.86 bits per heavy atom. The number of amides is 1. The molecule has 22 heavy (non-hydrogen) atoms. The third kappa shape index (κ3) is 4.83. The number of piperidine rings is 1. The van der Waals surface area contributed by atoms with Crippen molar-refractivity contribution in [2.75, 3.05) is 23.7 Å². The van der Waals surface area contributed by atoms with Gasteiger partial charge in [-0.2, -0.15) is 0 Å². The van der Waals surface area contributed by atoms with Crippen molar-refractivity contribution in [2.24, 2.45) is 11.7 Å². The van der Waals surface area contributed by atoms with Crippen molar-refractivity contribution in [3.05, 3.63) is 24.3 Å². The maximum absolute atomic E-state index is 10.9. The standard InChI is InChI=1S/C17H27N3O2/c1-17(2,22-16(19)21)10-7-13-8-11-20(12-9-13)15-5-3-14(18)4-6-15/h3-6,13H,7-12,18H2,1-2H3,(H2,19,21). The fraction of sp³-hybridized carbons (Fsp3) is 0.588. The number of hydrogen-bond donors (Lipinski definition) is 2. The van der Waals surface area contributed by atoms with Gasteiger partial charge in [-0.1, -0.05) is 0 Å². The van der Waals surface area contributed by atoms with Crippen LogP contribution in [0, 0.1) is 5.92 Å². The zero-order valence-electron chi connectivity index (χ0n) is 13.5. The van der Waals surface area contributed by atoms with Crippen LogP contribution in [0.1, 0.15) is 39.5 Å². The minimum Gasteiger partial charge on any atom is -0.444 e. The molecule has 0 aliphatic carbocycles. The number of ether oxygens (including phenoxy) is 1. The molecule has 2 rings (SSSR count). The van der Waals surface area contributed by atoms with Gasteiger partial charge in [0.2, 0.25) is 0 Å². The van der Waals surface area contributed by atoms with Crippen molar-refractivity contribution in [1.82, 2.24) is 0 Å². The van der Waals surface area contributed by atoms with Gasteiger partial charge in [0.25, 0.3) is 0 Å². The van der Waals surface area contributed by atoms with Crippen LogP contribution in [-0.2, 0) is 4.74 Å². The van der Waals surface area contributed by atoms with Crippen LogP contribution >= 0.6 is 0 Å². The van der Waals surface area contributed by atoms with Crippen molar-refractivity contribution in [2.45, 2.75) is 45.1 Å². The van der Waals surface area contributed by atoms with E-state index in [0.717, 1.165) is 44.5 Å². The van der Waals surface area contributed by atoms with E-state index in [1.165, 1.54) is 5.69 Å². The number of carbonyl (C=O) groups is 1. The number of nitrogens with zero attached hydrogens (tertiary/aromatic N) is 1. The van der Waals surface area contributed by atoms with Gasteiger partial charge in [0, 0.05) is 24.5 Å². The van der Waals surface area contributed by atoms with Crippen LogP contribution in [-0.4, -0.2) is 24.8 Å². The van der Waals surface area contributed by atoms with E-state index in [-0.39, 0.29) is 0 Å². The van der Waals surface area contributed by atoms with E-state index in [1.807, 2.05) is 26.0 Å². The Morgan fingerprint density at radius 3 is 2.41 bits per heavy atom. The Hall–Kier alpha value is -1.91. The first-order valence-electron chi connectivity index (χ1n) is 7.95. The molecule has 1 aromatic carbocycles. The summed E-state index contributed by atoms with van der Waals surface area (Å²) in [4.78, 5) is 13.3. The molecule has 0 spiro atoms. The highest BCUT2D eigenvalue weighted by molar-refractivity contribution is 5.65. The fourth-order valence-electron chi connectivity index (χ4n) is 3.04. The topological polar surface area (TPSA) is 81.6 Å². The van der Waals surface area contributed by atoms with Gasteiger partial charge in [-0.15, -0.1) is 0 Å². The summed E-state index contributed by atoms with van der Waals surface area (Å²) in [6.45, 7) is 5.96. The summed E-state index contributed by atoms with van der Waals surface area (Å²) in [6.07, 6.45) is 3.55. The van der Waals surface area contributed by atoms with Crippen LogP contribution in [0.15, 0.2) is 24.3 Å². The summed E-state index contributed by atoms with van der Waals surface area (Å²) < 4.78 is 5.15. The molecule has 122 valence electrons. The van der Waals surface area contributed by atoms with Crippen LogP contribution < -0.4 is 16.4 Å². The van der Waals surface area contributed by atoms with Crippen molar-refractivity contribution < 1.29 is 9.53 Å². The van der Waals surface area contributed by atoms with E-state index in [4.69, 9.17) is 16.2 Å². The Balaban J connectivity index is 1.77. The zero-order chi connectivity index (χ0) is 16.2. The van der Waals surface area contributed by atoms with Crippen LogP contribution in [0.4, 0.5) is 16.2 Å². The van der Waals surface area contributed by atoms with Gasteiger partial charge >= 0.3 is 6.09 Å². The fourth-order valence-corrected chi connectivity index (χ4v) is 3.04. The SMILES string of the molecule is CC(C)(CCC1CCN(c2ccc(N)cc2)CC1)OC(N)=O. The minimum atomic E-state index is -0.692. The second-order valence-corrected chi connectivity index (χ2v) is 6.74. The molecule has 0 saturated carbocycles. The molecule has 1 amide bonds. The van der Waals surface area contributed by atoms with Crippen LogP contribution in [0.5, 0.6) is 0 Å². The molecule has 1 saturated heterocycles. The molecule has 4 N–H and O–H groups in total. The lowest BCUT2D eigenvalue weighted by Crippen LogP contribution is -2.35. The van der Waals surface area contributed by atoms with Gasteiger partial charge in [-0.25, -0.2) is 4.79 Å². The maximum Gasteiger partial charge on any atom is 0.405 e. The molecule has 1 aliphatic rings. The van der Waals surface area contributed by atoms with Gasteiger partial charge in [0.05, 0.1) is 0 Å². The maximum atomic E-state index is 10.9. The third-order valence-corrected chi connectivity index (χ3v) is 4.40. The van der Waals surface area contributed by atoms with E-state index in [9.17, 15) is 4.79 Å². The van der Waals surface area contributed by atoms with Gasteiger partial charge in [0.1, 0.15) is 5.60 Å². The Kier molecular flexibility index (Phi) is 5.16. The number of benzene rings is 1. The number of hydrogen-bond acceptors (Lipinski definition) is 4. The van der Waals surface area contributed by atoms with Gasteiger partial charge in [-0.05, 0) is 69.7 Å². The van der Waals surface area contributed by atoms with Crippen molar-refractivity contribution in [3.8, 4) is 0 Å². The number of carbonyl (C=O) groups excluding carboxylic acids is 1. The van der Waals surface area contributed by atoms with E-state index in [0.29, 0.717) is 5.92 Å². The van der Waals surface area contributed by atoms with Crippen LogP contribution in [0.2, 0.25) is 0 Å². The summed E-state index contributed by atoms with van der Waals surface area (Å²) in [5.41, 5.74) is 12.4. The lowest BCUT2D eigenvalue weighted by molar-refractivity contribution is 0.0334. The molecule has 0 unspecified atom stereocenters. The average molecular weight is 305 g/mol. The third-order valence-electron chi connectivity index (χ3n) is 4.40. The molecule has 1 heterocycles. The quantitative estimate of drug-likeness (QED) is 0.819. The van der Waals surface area contributed by atoms with Crippen molar-refractivity contribution in [3.63, 3.8) is 0 Å². The summed E-state index contributed by atoms with van der Waals surface area (Å²) in [7, 11) is 0.